The minimum absolute atomic E-state index is 0.768. The van der Waals surface area contributed by atoms with Gasteiger partial charge in [-0.3, -0.25) is 0 Å². The first-order valence-corrected chi connectivity index (χ1v) is 6.25. The number of H-pyrrole nitrogens is 1. The average molecular weight is 257 g/mol. The van der Waals surface area contributed by atoms with Crippen molar-refractivity contribution in [2.75, 3.05) is 0 Å². The van der Waals surface area contributed by atoms with Crippen molar-refractivity contribution in [3.8, 4) is 11.4 Å². The molecule has 1 aromatic heterocycles. The molecule has 0 unspecified atom stereocenters. The first-order valence-electron chi connectivity index (χ1n) is 5.87. The smallest absolute Gasteiger partial charge is 0.138 e. The van der Waals surface area contributed by atoms with E-state index in [1.807, 2.05) is 37.3 Å². The summed E-state index contributed by atoms with van der Waals surface area (Å²) in [5, 5.41) is 0.768. The number of rotatable bonds is 1. The molecule has 3 heteroatoms. The standard InChI is InChI=1S/C15H13ClN2/c1-9-5-3-8-13-14(9)18-15(17-13)11-6-4-7-12(16)10(11)2/h3-8H,1-2H3,(H,17,18). The lowest BCUT2D eigenvalue weighted by Gasteiger charge is -2.03. The zero-order valence-corrected chi connectivity index (χ0v) is 11.0. The van der Waals surface area contributed by atoms with Crippen molar-refractivity contribution in [3.63, 3.8) is 0 Å². The van der Waals surface area contributed by atoms with Crippen LogP contribution in [0.25, 0.3) is 22.4 Å². The monoisotopic (exact) mass is 256 g/mol. The van der Waals surface area contributed by atoms with Gasteiger partial charge in [-0.1, -0.05) is 35.9 Å². The Hall–Kier alpha value is -1.80. The summed E-state index contributed by atoms with van der Waals surface area (Å²) >= 11 is 6.15. The first-order chi connectivity index (χ1) is 8.66. The molecule has 2 nitrogen and oxygen atoms in total. The highest BCUT2D eigenvalue weighted by molar-refractivity contribution is 6.31. The number of aryl methyl sites for hydroxylation is 1. The number of aromatic amines is 1. The first kappa shape index (κ1) is 11.3. The van der Waals surface area contributed by atoms with Gasteiger partial charge in [-0.05, 0) is 37.1 Å². The summed E-state index contributed by atoms with van der Waals surface area (Å²) in [4.78, 5) is 8.02. The van der Waals surface area contributed by atoms with Crippen molar-refractivity contribution < 1.29 is 0 Å². The molecule has 3 aromatic rings. The normalized spacial score (nSPS) is 11.1. The van der Waals surface area contributed by atoms with Gasteiger partial charge in [-0.15, -0.1) is 0 Å². The third-order valence-electron chi connectivity index (χ3n) is 3.24. The maximum atomic E-state index is 6.15. The van der Waals surface area contributed by atoms with Gasteiger partial charge >= 0.3 is 0 Å². The molecule has 2 aromatic carbocycles. The maximum Gasteiger partial charge on any atom is 0.138 e. The number of fused-ring (bicyclic) bond motifs is 1. The Morgan fingerprint density at radius 2 is 1.83 bits per heavy atom. The van der Waals surface area contributed by atoms with Gasteiger partial charge < -0.3 is 4.98 Å². The maximum absolute atomic E-state index is 6.15. The summed E-state index contributed by atoms with van der Waals surface area (Å²) in [7, 11) is 0. The van der Waals surface area contributed by atoms with Gasteiger partial charge in [-0.2, -0.15) is 0 Å². The van der Waals surface area contributed by atoms with E-state index in [0.717, 1.165) is 33.0 Å². The number of benzene rings is 2. The summed E-state index contributed by atoms with van der Waals surface area (Å²) in [5.41, 5.74) is 5.36. The highest BCUT2D eigenvalue weighted by atomic mass is 35.5. The van der Waals surface area contributed by atoms with Crippen LogP contribution < -0.4 is 0 Å². The molecule has 0 fully saturated rings. The molecule has 0 aliphatic heterocycles. The van der Waals surface area contributed by atoms with Crippen molar-refractivity contribution in [2.24, 2.45) is 0 Å². The fourth-order valence-corrected chi connectivity index (χ4v) is 2.34. The molecule has 1 N–H and O–H groups in total. The average Bonchev–Trinajstić information content (AvgIpc) is 2.78. The summed E-state index contributed by atoms with van der Waals surface area (Å²) < 4.78 is 0. The SMILES string of the molecule is Cc1c(Cl)cccc1-c1nc2c(C)cccc2[nH]1. The zero-order valence-electron chi connectivity index (χ0n) is 10.3. The number of para-hydroxylation sites is 1. The lowest BCUT2D eigenvalue weighted by molar-refractivity contribution is 1.30. The van der Waals surface area contributed by atoms with Crippen molar-refractivity contribution in [3.05, 3.63) is 52.5 Å². The Morgan fingerprint density at radius 1 is 1.06 bits per heavy atom. The third kappa shape index (κ3) is 1.70. The molecular weight excluding hydrogens is 244 g/mol. The fourth-order valence-electron chi connectivity index (χ4n) is 2.17. The fraction of sp³-hybridized carbons (Fsp3) is 0.133. The van der Waals surface area contributed by atoms with Crippen LogP contribution in [0.3, 0.4) is 0 Å². The van der Waals surface area contributed by atoms with E-state index in [-0.39, 0.29) is 0 Å². The number of hydrogen-bond acceptors (Lipinski definition) is 1. The van der Waals surface area contributed by atoms with E-state index in [4.69, 9.17) is 11.6 Å². The van der Waals surface area contributed by atoms with Crippen LogP contribution in [-0.4, -0.2) is 9.97 Å². The molecule has 0 radical (unpaired) electrons. The van der Waals surface area contributed by atoms with Gasteiger partial charge in [-0.25, -0.2) is 4.98 Å². The molecule has 0 bridgehead atoms. The van der Waals surface area contributed by atoms with E-state index >= 15 is 0 Å². The number of halogens is 1. The lowest BCUT2D eigenvalue weighted by atomic mass is 10.1. The highest BCUT2D eigenvalue weighted by Crippen LogP contribution is 2.28. The minimum atomic E-state index is 0.768. The van der Waals surface area contributed by atoms with Gasteiger partial charge in [0.15, 0.2) is 0 Å². The second-order valence-corrected chi connectivity index (χ2v) is 4.88. The summed E-state index contributed by atoms with van der Waals surface area (Å²) in [6.45, 7) is 4.08. The van der Waals surface area contributed by atoms with Gasteiger partial charge in [0.2, 0.25) is 0 Å². The Morgan fingerprint density at radius 3 is 2.61 bits per heavy atom. The molecule has 3 rings (SSSR count). The van der Waals surface area contributed by atoms with Crippen molar-refractivity contribution in [1.82, 2.24) is 9.97 Å². The highest BCUT2D eigenvalue weighted by Gasteiger charge is 2.10. The predicted molar refractivity (Wildman–Crippen MR) is 76.0 cm³/mol. The van der Waals surface area contributed by atoms with Crippen LogP contribution in [0, 0.1) is 13.8 Å². The van der Waals surface area contributed by atoms with Crippen LogP contribution in [0.15, 0.2) is 36.4 Å². The third-order valence-corrected chi connectivity index (χ3v) is 3.65. The van der Waals surface area contributed by atoms with E-state index in [9.17, 15) is 0 Å². The molecule has 1 heterocycles. The summed E-state index contributed by atoms with van der Waals surface area (Å²) in [6, 6.07) is 12.0. The molecular formula is C15H13ClN2. The van der Waals surface area contributed by atoms with E-state index < -0.39 is 0 Å². The van der Waals surface area contributed by atoms with Crippen LogP contribution in [0.1, 0.15) is 11.1 Å². The molecule has 0 aliphatic carbocycles. The zero-order chi connectivity index (χ0) is 12.7. The van der Waals surface area contributed by atoms with Crippen LogP contribution in [0.5, 0.6) is 0 Å². The largest absolute Gasteiger partial charge is 0.338 e. The van der Waals surface area contributed by atoms with Gasteiger partial charge in [0.1, 0.15) is 5.82 Å². The second kappa shape index (κ2) is 4.14. The Balaban J connectivity index is 2.26. The summed E-state index contributed by atoms with van der Waals surface area (Å²) in [6.07, 6.45) is 0. The predicted octanol–water partition coefficient (Wildman–Crippen LogP) is 4.50. The van der Waals surface area contributed by atoms with Gasteiger partial charge in [0, 0.05) is 10.6 Å². The molecule has 0 saturated heterocycles. The molecule has 0 amide bonds. The van der Waals surface area contributed by atoms with Crippen molar-refractivity contribution >= 4 is 22.6 Å². The van der Waals surface area contributed by atoms with Crippen LogP contribution >= 0.6 is 11.6 Å². The molecule has 0 spiro atoms. The quantitative estimate of drug-likeness (QED) is 0.682. The topological polar surface area (TPSA) is 28.7 Å². The van der Waals surface area contributed by atoms with Gasteiger partial charge in [0.05, 0.1) is 11.0 Å². The summed E-state index contributed by atoms with van der Waals surface area (Å²) in [5.74, 6) is 0.874. The number of nitrogens with zero attached hydrogens (tertiary/aromatic N) is 1. The van der Waals surface area contributed by atoms with E-state index in [1.165, 1.54) is 5.56 Å². The molecule has 18 heavy (non-hydrogen) atoms. The molecule has 90 valence electrons. The lowest BCUT2D eigenvalue weighted by Crippen LogP contribution is -1.86. The van der Waals surface area contributed by atoms with E-state index in [2.05, 4.69) is 23.0 Å². The van der Waals surface area contributed by atoms with Crippen molar-refractivity contribution in [1.29, 1.82) is 0 Å². The Labute approximate surface area is 111 Å². The number of nitrogens with one attached hydrogen (secondary N) is 1. The van der Waals surface area contributed by atoms with Gasteiger partial charge in [0.25, 0.3) is 0 Å². The van der Waals surface area contributed by atoms with E-state index in [0.29, 0.717) is 0 Å². The Bertz CT molecular complexity index is 728. The number of hydrogen-bond donors (Lipinski definition) is 1. The number of imidazole rings is 1. The molecule has 0 aliphatic rings. The van der Waals surface area contributed by atoms with E-state index in [1.54, 1.807) is 0 Å². The van der Waals surface area contributed by atoms with Crippen LogP contribution in [-0.2, 0) is 0 Å². The molecule has 0 atom stereocenters. The number of aromatic nitrogens is 2. The van der Waals surface area contributed by atoms with Crippen LogP contribution in [0.4, 0.5) is 0 Å². The van der Waals surface area contributed by atoms with Crippen LogP contribution in [0.2, 0.25) is 5.02 Å². The Kier molecular flexibility index (Phi) is 2.60. The minimum Gasteiger partial charge on any atom is -0.338 e. The second-order valence-electron chi connectivity index (χ2n) is 4.47. The molecule has 0 saturated carbocycles. The van der Waals surface area contributed by atoms with Crippen molar-refractivity contribution in [2.45, 2.75) is 13.8 Å².